The van der Waals surface area contributed by atoms with Crippen molar-refractivity contribution in [1.29, 1.82) is 0 Å². The molecule has 0 saturated heterocycles. The number of amides is 1. The number of carbonyl (C=O) groups excluding carboxylic acids is 1. The molecule has 3 nitrogen and oxygen atoms in total. The Balaban J connectivity index is 3.16. The number of alkyl halides is 9. The van der Waals surface area contributed by atoms with Gasteiger partial charge in [0.15, 0.2) is 6.61 Å². The van der Waals surface area contributed by atoms with E-state index in [0.29, 0.717) is 12.1 Å². The normalized spacial score (nSPS) is 12.9. The molecule has 23 heavy (non-hydrogen) atoms. The average Bonchev–Trinajstić information content (AvgIpc) is 2.33. The molecule has 0 heterocycles. The van der Waals surface area contributed by atoms with Gasteiger partial charge in [0.25, 0.3) is 0 Å². The summed E-state index contributed by atoms with van der Waals surface area (Å²) >= 11 is 0. The second-order valence-electron chi connectivity index (χ2n) is 4.06. The standard InChI is InChI=1S/C11H6F9NO2/c12-9(13,14)4-23-7-2-1-5(10(15,16)17)3-6(7)21-8(22)11(18,19)20/h1-3H,4H2,(H,21,22). The van der Waals surface area contributed by atoms with E-state index < -0.39 is 48.0 Å². The number of hydrogen-bond acceptors (Lipinski definition) is 2. The summed E-state index contributed by atoms with van der Waals surface area (Å²) in [6.45, 7) is -1.97. The lowest BCUT2D eigenvalue weighted by atomic mass is 10.1. The zero-order valence-corrected chi connectivity index (χ0v) is 10.7. The Bertz CT molecular complexity index is 574. The summed E-state index contributed by atoms with van der Waals surface area (Å²) in [5.74, 6) is -3.65. The first-order valence-corrected chi connectivity index (χ1v) is 5.49. The number of carbonyl (C=O) groups is 1. The zero-order valence-electron chi connectivity index (χ0n) is 10.7. The largest absolute Gasteiger partial charge is 0.482 e. The number of hydrogen-bond donors (Lipinski definition) is 1. The van der Waals surface area contributed by atoms with Crippen LogP contribution in [-0.4, -0.2) is 24.9 Å². The van der Waals surface area contributed by atoms with Crippen molar-refractivity contribution in [1.82, 2.24) is 0 Å². The molecule has 0 fully saturated rings. The van der Waals surface area contributed by atoms with Crippen molar-refractivity contribution in [2.45, 2.75) is 18.5 Å². The van der Waals surface area contributed by atoms with Crippen LogP contribution in [0.4, 0.5) is 45.2 Å². The molecular formula is C11H6F9NO2. The second-order valence-corrected chi connectivity index (χ2v) is 4.06. The van der Waals surface area contributed by atoms with Gasteiger partial charge >= 0.3 is 24.4 Å². The van der Waals surface area contributed by atoms with Crippen molar-refractivity contribution in [3.05, 3.63) is 23.8 Å². The van der Waals surface area contributed by atoms with E-state index in [9.17, 15) is 44.3 Å². The van der Waals surface area contributed by atoms with Crippen molar-refractivity contribution in [2.24, 2.45) is 0 Å². The summed E-state index contributed by atoms with van der Waals surface area (Å²) in [6.07, 6.45) is -15.3. The van der Waals surface area contributed by atoms with Gasteiger partial charge in [0.2, 0.25) is 0 Å². The van der Waals surface area contributed by atoms with Gasteiger partial charge in [-0.15, -0.1) is 0 Å². The van der Waals surface area contributed by atoms with E-state index in [4.69, 9.17) is 0 Å². The number of ether oxygens (including phenoxy) is 1. The van der Waals surface area contributed by atoms with Crippen LogP contribution in [0.25, 0.3) is 0 Å². The van der Waals surface area contributed by atoms with Gasteiger partial charge in [0, 0.05) is 0 Å². The van der Waals surface area contributed by atoms with Crippen molar-refractivity contribution in [3.63, 3.8) is 0 Å². The van der Waals surface area contributed by atoms with Gasteiger partial charge < -0.3 is 10.1 Å². The lowest BCUT2D eigenvalue weighted by Gasteiger charge is -2.16. The summed E-state index contributed by atoms with van der Waals surface area (Å²) in [4.78, 5) is 10.8. The Kier molecular flexibility index (Phi) is 5.07. The van der Waals surface area contributed by atoms with Crippen LogP contribution in [0, 0.1) is 0 Å². The molecule has 0 unspecified atom stereocenters. The minimum absolute atomic E-state index is 0.0371. The van der Waals surface area contributed by atoms with Crippen molar-refractivity contribution in [2.75, 3.05) is 11.9 Å². The second kappa shape index (κ2) is 6.16. The fraction of sp³-hybridized carbons (Fsp3) is 0.364. The number of nitrogens with one attached hydrogen (secondary N) is 1. The lowest BCUT2D eigenvalue weighted by Crippen LogP contribution is -2.30. The molecule has 130 valence electrons. The van der Waals surface area contributed by atoms with Crippen LogP contribution in [0.3, 0.4) is 0 Å². The Morgan fingerprint density at radius 2 is 1.57 bits per heavy atom. The van der Waals surface area contributed by atoms with Crippen LogP contribution in [0.15, 0.2) is 18.2 Å². The van der Waals surface area contributed by atoms with E-state index in [1.54, 1.807) is 0 Å². The SMILES string of the molecule is O=C(Nc1cc(C(F)(F)F)ccc1OCC(F)(F)F)C(F)(F)F. The third-order valence-electron chi connectivity index (χ3n) is 2.20. The first-order chi connectivity index (χ1) is 10.2. The van der Waals surface area contributed by atoms with E-state index in [1.165, 1.54) is 0 Å². The van der Waals surface area contributed by atoms with E-state index >= 15 is 0 Å². The van der Waals surface area contributed by atoms with Gasteiger partial charge in [-0.2, -0.15) is 39.5 Å². The van der Waals surface area contributed by atoms with Crippen LogP contribution in [0.5, 0.6) is 5.75 Å². The summed E-state index contributed by atoms with van der Waals surface area (Å²) in [6, 6.07) is 0.713. The predicted molar refractivity (Wildman–Crippen MR) is 57.7 cm³/mol. The van der Waals surface area contributed by atoms with E-state index in [0.717, 1.165) is 5.32 Å². The Morgan fingerprint density at radius 3 is 2.00 bits per heavy atom. The van der Waals surface area contributed by atoms with Gasteiger partial charge in [0.05, 0.1) is 11.3 Å². The molecule has 1 aromatic rings. The van der Waals surface area contributed by atoms with E-state index in [2.05, 4.69) is 4.74 Å². The third-order valence-corrected chi connectivity index (χ3v) is 2.20. The fourth-order valence-electron chi connectivity index (χ4n) is 1.28. The lowest BCUT2D eigenvalue weighted by molar-refractivity contribution is -0.167. The van der Waals surface area contributed by atoms with E-state index in [-0.39, 0.29) is 6.07 Å². The van der Waals surface area contributed by atoms with Crippen LogP contribution >= 0.6 is 0 Å². The van der Waals surface area contributed by atoms with Crippen LogP contribution in [-0.2, 0) is 11.0 Å². The molecule has 0 aliphatic rings. The van der Waals surface area contributed by atoms with E-state index in [1.807, 2.05) is 0 Å². The maximum absolute atomic E-state index is 12.5. The minimum atomic E-state index is -5.45. The molecular weight excluding hydrogens is 349 g/mol. The molecule has 0 aliphatic heterocycles. The first-order valence-electron chi connectivity index (χ1n) is 5.49. The molecule has 1 amide bonds. The number of anilines is 1. The summed E-state index contributed by atoms with van der Waals surface area (Å²) in [7, 11) is 0. The molecule has 0 saturated carbocycles. The summed E-state index contributed by atoms with van der Waals surface area (Å²) in [5.41, 5.74) is -2.67. The smallest absolute Gasteiger partial charge is 0.471 e. The van der Waals surface area contributed by atoms with Crippen molar-refractivity contribution in [3.8, 4) is 5.75 Å². The molecule has 1 aromatic carbocycles. The highest BCUT2D eigenvalue weighted by Crippen LogP contribution is 2.36. The number of benzene rings is 1. The number of rotatable bonds is 3. The molecule has 0 spiro atoms. The quantitative estimate of drug-likeness (QED) is 0.828. The summed E-state index contributed by atoms with van der Waals surface area (Å²) < 4.78 is 114. The van der Waals surface area contributed by atoms with Crippen molar-refractivity contribution >= 4 is 11.6 Å². The highest BCUT2D eigenvalue weighted by atomic mass is 19.4. The molecule has 0 bridgehead atoms. The van der Waals surface area contributed by atoms with Crippen LogP contribution in [0.1, 0.15) is 5.56 Å². The van der Waals surface area contributed by atoms with Crippen LogP contribution in [0.2, 0.25) is 0 Å². The Morgan fingerprint density at radius 1 is 1.00 bits per heavy atom. The molecule has 0 atom stereocenters. The topological polar surface area (TPSA) is 38.3 Å². The first kappa shape index (κ1) is 18.9. The zero-order chi connectivity index (χ0) is 18.1. The molecule has 0 aliphatic carbocycles. The Labute approximate surface area is 122 Å². The Hall–Kier alpha value is -2.14. The van der Waals surface area contributed by atoms with Gasteiger partial charge in [-0.25, -0.2) is 0 Å². The van der Waals surface area contributed by atoms with Gasteiger partial charge in [0.1, 0.15) is 5.75 Å². The van der Waals surface area contributed by atoms with Gasteiger partial charge in [-0.1, -0.05) is 0 Å². The monoisotopic (exact) mass is 355 g/mol. The van der Waals surface area contributed by atoms with Crippen LogP contribution < -0.4 is 10.1 Å². The average molecular weight is 355 g/mol. The molecule has 0 aromatic heterocycles. The maximum Gasteiger partial charge on any atom is 0.471 e. The fourth-order valence-corrected chi connectivity index (χ4v) is 1.28. The highest BCUT2D eigenvalue weighted by molar-refractivity contribution is 5.96. The number of halogens is 9. The third kappa shape index (κ3) is 5.87. The van der Waals surface area contributed by atoms with Gasteiger partial charge in [-0.3, -0.25) is 4.79 Å². The maximum atomic E-state index is 12.5. The molecule has 12 heteroatoms. The predicted octanol–water partition coefficient (Wildman–Crippen LogP) is 4.15. The molecule has 1 rings (SSSR count). The molecule has 0 radical (unpaired) electrons. The summed E-state index contributed by atoms with van der Waals surface area (Å²) in [5, 5.41) is 1.04. The van der Waals surface area contributed by atoms with Gasteiger partial charge in [-0.05, 0) is 18.2 Å². The van der Waals surface area contributed by atoms with Crippen molar-refractivity contribution < 1.29 is 49.0 Å². The highest BCUT2D eigenvalue weighted by Gasteiger charge is 2.40. The molecule has 1 N–H and O–H groups in total. The minimum Gasteiger partial charge on any atom is -0.482 e.